The van der Waals surface area contributed by atoms with Crippen LogP contribution in [0.15, 0.2) is 11.6 Å². The van der Waals surface area contributed by atoms with E-state index in [2.05, 4.69) is 24.1 Å². The van der Waals surface area contributed by atoms with Crippen molar-refractivity contribution >= 4 is 17.8 Å². The van der Waals surface area contributed by atoms with Crippen molar-refractivity contribution in [3.8, 4) is 0 Å². The standard InChI is InChI=1S/C25H45N3O4/c1-9-17(5)22(24(30)27(8)21(16(3)4)15-18(6)25(31)32)26-23(29)20-13-11-12-14-28(20)19(7)10-2/h15-17,19-22H,9-14H2,1-8H3,(H,26,29)(H,31,32)/b18-15+/t17-,19?,20-,21-,22-/m1/s1. The summed E-state index contributed by atoms with van der Waals surface area (Å²) in [5.41, 5.74) is 0.207. The molecular formula is C25H45N3O4. The number of nitrogens with one attached hydrogen (secondary N) is 1. The highest BCUT2D eigenvalue weighted by Gasteiger charge is 2.36. The number of likely N-dealkylation sites (tertiary alicyclic amines) is 1. The Kier molecular flexibility index (Phi) is 11.4. The molecule has 1 heterocycles. The van der Waals surface area contributed by atoms with E-state index in [1.807, 2.05) is 27.7 Å². The predicted molar refractivity (Wildman–Crippen MR) is 128 cm³/mol. The summed E-state index contributed by atoms with van der Waals surface area (Å²) < 4.78 is 0. The van der Waals surface area contributed by atoms with Crippen molar-refractivity contribution in [3.05, 3.63) is 11.6 Å². The monoisotopic (exact) mass is 451 g/mol. The van der Waals surface area contributed by atoms with Crippen LogP contribution >= 0.6 is 0 Å². The van der Waals surface area contributed by atoms with E-state index in [1.54, 1.807) is 18.0 Å². The lowest BCUT2D eigenvalue weighted by atomic mass is 9.93. The maximum Gasteiger partial charge on any atom is 0.331 e. The summed E-state index contributed by atoms with van der Waals surface area (Å²) in [6, 6.07) is -0.898. The highest BCUT2D eigenvalue weighted by molar-refractivity contribution is 5.90. The first kappa shape index (κ1) is 28.1. The van der Waals surface area contributed by atoms with Gasteiger partial charge in [0.2, 0.25) is 11.8 Å². The Balaban J connectivity index is 3.13. The van der Waals surface area contributed by atoms with Crippen LogP contribution in [-0.2, 0) is 14.4 Å². The van der Waals surface area contributed by atoms with Crippen molar-refractivity contribution in [2.45, 2.75) is 105 Å². The van der Waals surface area contributed by atoms with Crippen LogP contribution in [0.2, 0.25) is 0 Å². The molecule has 0 aromatic heterocycles. The molecular weight excluding hydrogens is 406 g/mol. The first-order valence-electron chi connectivity index (χ1n) is 12.2. The van der Waals surface area contributed by atoms with Gasteiger partial charge in [0.15, 0.2) is 0 Å². The summed E-state index contributed by atoms with van der Waals surface area (Å²) in [6.45, 7) is 14.6. The smallest absolute Gasteiger partial charge is 0.331 e. The molecule has 2 amide bonds. The third-order valence-electron chi connectivity index (χ3n) is 7.02. The normalized spacial score (nSPS) is 21.5. The molecule has 184 valence electrons. The average molecular weight is 452 g/mol. The number of piperidine rings is 1. The van der Waals surface area contributed by atoms with E-state index in [4.69, 9.17) is 0 Å². The van der Waals surface area contributed by atoms with Gasteiger partial charge in [-0.2, -0.15) is 0 Å². The first-order valence-corrected chi connectivity index (χ1v) is 12.2. The van der Waals surface area contributed by atoms with Crippen LogP contribution in [0.25, 0.3) is 0 Å². The molecule has 7 heteroatoms. The molecule has 32 heavy (non-hydrogen) atoms. The fourth-order valence-electron chi connectivity index (χ4n) is 4.38. The molecule has 1 fully saturated rings. The molecule has 0 radical (unpaired) electrons. The molecule has 1 aliphatic heterocycles. The zero-order valence-electron chi connectivity index (χ0n) is 21.4. The Morgan fingerprint density at radius 1 is 1.12 bits per heavy atom. The molecule has 0 aliphatic carbocycles. The second kappa shape index (κ2) is 13.0. The van der Waals surface area contributed by atoms with Crippen LogP contribution < -0.4 is 5.32 Å². The molecule has 1 saturated heterocycles. The minimum atomic E-state index is -0.995. The van der Waals surface area contributed by atoms with Gasteiger partial charge >= 0.3 is 5.97 Å². The van der Waals surface area contributed by atoms with Gasteiger partial charge in [-0.05, 0) is 51.5 Å². The highest BCUT2D eigenvalue weighted by atomic mass is 16.4. The van der Waals surface area contributed by atoms with Crippen LogP contribution in [0.1, 0.15) is 80.6 Å². The third kappa shape index (κ3) is 7.32. The summed E-state index contributed by atoms with van der Waals surface area (Å²) in [5, 5.41) is 12.4. The lowest BCUT2D eigenvalue weighted by molar-refractivity contribution is -0.140. The van der Waals surface area contributed by atoms with E-state index in [1.165, 1.54) is 6.92 Å². The van der Waals surface area contributed by atoms with Gasteiger partial charge in [0.25, 0.3) is 0 Å². The van der Waals surface area contributed by atoms with Gasteiger partial charge in [0.1, 0.15) is 6.04 Å². The van der Waals surface area contributed by atoms with Gasteiger partial charge < -0.3 is 15.3 Å². The first-order chi connectivity index (χ1) is 15.0. The second-order valence-corrected chi connectivity index (χ2v) is 9.72. The number of carbonyl (C=O) groups is 3. The second-order valence-electron chi connectivity index (χ2n) is 9.72. The van der Waals surface area contributed by atoms with E-state index < -0.39 is 12.0 Å². The molecule has 0 saturated carbocycles. The minimum absolute atomic E-state index is 0.0331. The van der Waals surface area contributed by atoms with Gasteiger partial charge in [-0.25, -0.2) is 4.79 Å². The maximum atomic E-state index is 13.6. The number of amides is 2. The van der Waals surface area contributed by atoms with Crippen LogP contribution in [-0.4, -0.2) is 70.4 Å². The van der Waals surface area contributed by atoms with Gasteiger partial charge in [-0.15, -0.1) is 0 Å². The Morgan fingerprint density at radius 2 is 1.75 bits per heavy atom. The molecule has 7 nitrogen and oxygen atoms in total. The fourth-order valence-corrected chi connectivity index (χ4v) is 4.38. The Bertz CT molecular complexity index is 676. The summed E-state index contributed by atoms with van der Waals surface area (Å²) in [4.78, 5) is 42.1. The van der Waals surface area contributed by atoms with E-state index >= 15 is 0 Å². The molecule has 0 aromatic rings. The number of aliphatic carboxylic acids is 1. The fraction of sp³-hybridized carbons (Fsp3) is 0.800. The topological polar surface area (TPSA) is 90.0 Å². The molecule has 0 bridgehead atoms. The Labute approximate surface area is 194 Å². The summed E-state index contributed by atoms with van der Waals surface area (Å²) in [5.74, 6) is -1.24. The summed E-state index contributed by atoms with van der Waals surface area (Å²) in [6.07, 6.45) is 6.28. The van der Waals surface area contributed by atoms with Crippen LogP contribution in [0.5, 0.6) is 0 Å². The zero-order chi connectivity index (χ0) is 24.6. The number of hydrogen-bond acceptors (Lipinski definition) is 4. The van der Waals surface area contributed by atoms with E-state index in [0.29, 0.717) is 6.04 Å². The third-order valence-corrected chi connectivity index (χ3v) is 7.02. The highest BCUT2D eigenvalue weighted by Crippen LogP contribution is 2.23. The Hall–Kier alpha value is -1.89. The number of hydrogen-bond donors (Lipinski definition) is 2. The van der Waals surface area contributed by atoms with E-state index in [0.717, 1.165) is 38.6 Å². The van der Waals surface area contributed by atoms with Gasteiger partial charge in [0, 0.05) is 18.7 Å². The zero-order valence-corrected chi connectivity index (χ0v) is 21.4. The molecule has 0 aromatic carbocycles. The number of rotatable bonds is 11. The number of nitrogens with zero attached hydrogens (tertiary/aromatic N) is 2. The van der Waals surface area contributed by atoms with Crippen molar-refractivity contribution in [1.29, 1.82) is 0 Å². The summed E-state index contributed by atoms with van der Waals surface area (Å²) >= 11 is 0. The van der Waals surface area contributed by atoms with Crippen LogP contribution in [0.3, 0.4) is 0 Å². The predicted octanol–water partition coefficient (Wildman–Crippen LogP) is 3.68. The van der Waals surface area contributed by atoms with Crippen molar-refractivity contribution < 1.29 is 19.5 Å². The SMILES string of the molecule is CCC(C)N1CCCC[C@@H]1C(=O)N[C@@H](C(=O)N(C)[C@H](/C=C(\C)C(=O)O)C(C)C)[C@H](C)CC. The quantitative estimate of drug-likeness (QED) is 0.468. The maximum absolute atomic E-state index is 13.6. The molecule has 5 atom stereocenters. The van der Waals surface area contributed by atoms with Crippen molar-refractivity contribution in [2.75, 3.05) is 13.6 Å². The van der Waals surface area contributed by atoms with Crippen molar-refractivity contribution in [1.82, 2.24) is 15.1 Å². The molecule has 2 N–H and O–H groups in total. The number of carboxylic acids is 1. The molecule has 1 unspecified atom stereocenters. The lowest BCUT2D eigenvalue weighted by Gasteiger charge is -2.40. The number of likely N-dealkylation sites (N-methyl/N-ethyl adjacent to an activating group) is 1. The number of carboxylic acid groups (broad SMARTS) is 1. The van der Waals surface area contributed by atoms with E-state index in [9.17, 15) is 19.5 Å². The lowest BCUT2D eigenvalue weighted by Crippen LogP contribution is -2.59. The summed E-state index contributed by atoms with van der Waals surface area (Å²) in [7, 11) is 1.70. The minimum Gasteiger partial charge on any atom is -0.478 e. The van der Waals surface area contributed by atoms with Crippen LogP contribution in [0, 0.1) is 11.8 Å². The van der Waals surface area contributed by atoms with Crippen molar-refractivity contribution in [3.63, 3.8) is 0 Å². The largest absolute Gasteiger partial charge is 0.478 e. The van der Waals surface area contributed by atoms with E-state index in [-0.39, 0.29) is 41.3 Å². The Morgan fingerprint density at radius 3 is 2.25 bits per heavy atom. The average Bonchev–Trinajstić information content (AvgIpc) is 2.78. The van der Waals surface area contributed by atoms with Gasteiger partial charge in [-0.3, -0.25) is 14.5 Å². The molecule has 0 spiro atoms. The number of carbonyl (C=O) groups excluding carboxylic acids is 2. The van der Waals surface area contributed by atoms with Gasteiger partial charge in [-0.1, -0.05) is 53.5 Å². The van der Waals surface area contributed by atoms with Crippen LogP contribution in [0.4, 0.5) is 0 Å². The van der Waals surface area contributed by atoms with Crippen molar-refractivity contribution in [2.24, 2.45) is 11.8 Å². The molecule has 1 aliphatic rings. The van der Waals surface area contributed by atoms with Gasteiger partial charge in [0.05, 0.1) is 12.1 Å². The molecule has 1 rings (SSSR count).